The van der Waals surface area contributed by atoms with Gasteiger partial charge in [0.05, 0.1) is 12.3 Å². The topological polar surface area (TPSA) is 65.0 Å². The minimum atomic E-state index is -3.00. The zero-order valence-electron chi connectivity index (χ0n) is 13.3. The second-order valence-corrected chi connectivity index (χ2v) is 7.17. The van der Waals surface area contributed by atoms with Gasteiger partial charge in [-0.25, -0.2) is 12.7 Å². The van der Waals surface area contributed by atoms with Crippen LogP contribution in [0.25, 0.3) is 0 Å². The fourth-order valence-corrected chi connectivity index (χ4v) is 3.70. The Morgan fingerprint density at radius 1 is 1.38 bits per heavy atom. The molecule has 1 fully saturated rings. The molecule has 1 aliphatic heterocycles. The number of nitrogens with zero attached hydrogens (tertiary/aromatic N) is 3. The van der Waals surface area contributed by atoms with Gasteiger partial charge in [-0.2, -0.15) is 0 Å². The standard InChI is InChI=1S/C13H28N4O2S.HI/c1-4-6-9-16(3)13(14-5-2)15-8-11-17-10-7-12-20(17,18)19;/h4-12H2,1-3H3,(H,14,15);1H. The van der Waals surface area contributed by atoms with Crippen molar-refractivity contribution in [3.8, 4) is 0 Å². The van der Waals surface area contributed by atoms with Crippen LogP contribution in [0.3, 0.4) is 0 Å². The highest BCUT2D eigenvalue weighted by atomic mass is 127. The zero-order valence-corrected chi connectivity index (χ0v) is 16.5. The van der Waals surface area contributed by atoms with Crippen LogP contribution in [-0.2, 0) is 10.0 Å². The van der Waals surface area contributed by atoms with Crippen molar-refractivity contribution in [1.29, 1.82) is 0 Å². The molecule has 1 rings (SSSR count). The van der Waals surface area contributed by atoms with Gasteiger partial charge in [0, 0.05) is 33.2 Å². The van der Waals surface area contributed by atoms with Crippen molar-refractivity contribution >= 4 is 40.0 Å². The van der Waals surface area contributed by atoms with E-state index in [0.29, 0.717) is 19.6 Å². The molecule has 1 aliphatic rings. The van der Waals surface area contributed by atoms with E-state index < -0.39 is 10.0 Å². The summed E-state index contributed by atoms with van der Waals surface area (Å²) >= 11 is 0. The van der Waals surface area contributed by atoms with Crippen LogP contribution in [0.2, 0.25) is 0 Å². The molecule has 8 heteroatoms. The summed E-state index contributed by atoms with van der Waals surface area (Å²) in [6.45, 7) is 7.61. The van der Waals surface area contributed by atoms with Crippen LogP contribution in [-0.4, -0.2) is 69.1 Å². The second-order valence-electron chi connectivity index (χ2n) is 5.08. The van der Waals surface area contributed by atoms with Crippen LogP contribution in [0.4, 0.5) is 0 Å². The van der Waals surface area contributed by atoms with Gasteiger partial charge in [0.25, 0.3) is 0 Å². The molecule has 0 radical (unpaired) electrons. The lowest BCUT2D eigenvalue weighted by Crippen LogP contribution is -2.40. The first kappa shape index (κ1) is 20.9. The third kappa shape index (κ3) is 7.14. The quantitative estimate of drug-likeness (QED) is 0.375. The Kier molecular flexibility index (Phi) is 10.6. The molecule has 0 atom stereocenters. The maximum Gasteiger partial charge on any atom is 0.214 e. The Morgan fingerprint density at radius 3 is 2.62 bits per heavy atom. The van der Waals surface area contributed by atoms with Gasteiger partial charge in [0.2, 0.25) is 10.0 Å². The van der Waals surface area contributed by atoms with Crippen LogP contribution in [0.5, 0.6) is 0 Å². The van der Waals surface area contributed by atoms with E-state index >= 15 is 0 Å². The predicted molar refractivity (Wildman–Crippen MR) is 98.9 cm³/mol. The molecule has 0 unspecified atom stereocenters. The molecule has 0 saturated carbocycles. The van der Waals surface area contributed by atoms with Crippen LogP contribution < -0.4 is 5.32 Å². The molecular formula is C13H29IN4O2S. The number of hydrogen-bond donors (Lipinski definition) is 1. The second kappa shape index (κ2) is 10.6. The Balaban J connectivity index is 0.00000400. The van der Waals surface area contributed by atoms with Gasteiger partial charge >= 0.3 is 0 Å². The average molecular weight is 432 g/mol. The summed E-state index contributed by atoms with van der Waals surface area (Å²) in [4.78, 5) is 6.62. The van der Waals surface area contributed by atoms with E-state index in [2.05, 4.69) is 22.1 Å². The minimum Gasteiger partial charge on any atom is -0.357 e. The van der Waals surface area contributed by atoms with E-state index in [1.807, 2.05) is 14.0 Å². The molecule has 1 N–H and O–H groups in total. The van der Waals surface area contributed by atoms with Gasteiger partial charge < -0.3 is 10.2 Å². The maximum atomic E-state index is 11.7. The largest absolute Gasteiger partial charge is 0.357 e. The fourth-order valence-electron chi connectivity index (χ4n) is 2.18. The van der Waals surface area contributed by atoms with Gasteiger partial charge in [-0.1, -0.05) is 13.3 Å². The molecule has 0 aromatic carbocycles. The molecule has 21 heavy (non-hydrogen) atoms. The average Bonchev–Trinajstić information content (AvgIpc) is 2.74. The summed E-state index contributed by atoms with van der Waals surface area (Å²) in [5.74, 6) is 1.14. The molecule has 0 aromatic heterocycles. The molecule has 6 nitrogen and oxygen atoms in total. The summed E-state index contributed by atoms with van der Waals surface area (Å²) in [6.07, 6.45) is 3.01. The van der Waals surface area contributed by atoms with Crippen LogP contribution in [0.15, 0.2) is 4.99 Å². The van der Waals surface area contributed by atoms with Crippen molar-refractivity contribution in [2.24, 2.45) is 4.99 Å². The number of hydrogen-bond acceptors (Lipinski definition) is 3. The molecule has 0 bridgehead atoms. The molecule has 0 aliphatic carbocycles. The monoisotopic (exact) mass is 432 g/mol. The SMILES string of the molecule is CCCCN(C)C(=NCCN1CCCS1(=O)=O)NCC.I. The van der Waals surface area contributed by atoms with E-state index in [1.165, 1.54) is 0 Å². The van der Waals surface area contributed by atoms with Gasteiger partial charge in [0.1, 0.15) is 0 Å². The van der Waals surface area contributed by atoms with Crippen molar-refractivity contribution in [1.82, 2.24) is 14.5 Å². The number of nitrogens with one attached hydrogen (secondary N) is 1. The summed E-state index contributed by atoms with van der Waals surface area (Å²) in [6, 6.07) is 0. The Labute approximate surface area is 146 Å². The van der Waals surface area contributed by atoms with Gasteiger partial charge in [-0.05, 0) is 19.8 Å². The Bertz CT molecular complexity index is 414. The maximum absolute atomic E-state index is 11.7. The Morgan fingerprint density at radius 2 is 2.10 bits per heavy atom. The van der Waals surface area contributed by atoms with Gasteiger partial charge in [-0.3, -0.25) is 4.99 Å². The number of aliphatic imine (C=N–C) groups is 1. The van der Waals surface area contributed by atoms with Crippen molar-refractivity contribution in [3.05, 3.63) is 0 Å². The van der Waals surface area contributed by atoms with E-state index in [4.69, 9.17) is 0 Å². The van der Waals surface area contributed by atoms with Crippen LogP contribution >= 0.6 is 24.0 Å². The number of unbranched alkanes of at least 4 members (excludes halogenated alkanes) is 1. The Hall–Kier alpha value is -0.0900. The molecule has 1 heterocycles. The van der Waals surface area contributed by atoms with Crippen molar-refractivity contribution in [2.75, 3.05) is 45.5 Å². The highest BCUT2D eigenvalue weighted by Gasteiger charge is 2.27. The van der Waals surface area contributed by atoms with E-state index in [-0.39, 0.29) is 29.7 Å². The lowest BCUT2D eigenvalue weighted by molar-refractivity contribution is 0.443. The van der Waals surface area contributed by atoms with Crippen LogP contribution in [0, 0.1) is 0 Å². The van der Waals surface area contributed by atoms with Crippen LogP contribution in [0.1, 0.15) is 33.1 Å². The first-order chi connectivity index (χ1) is 9.51. The van der Waals surface area contributed by atoms with Gasteiger partial charge in [0.15, 0.2) is 5.96 Å². The third-order valence-corrected chi connectivity index (χ3v) is 5.31. The fraction of sp³-hybridized carbons (Fsp3) is 0.923. The number of sulfonamides is 1. The normalized spacial score (nSPS) is 18.3. The first-order valence-electron chi connectivity index (χ1n) is 7.48. The predicted octanol–water partition coefficient (Wildman–Crippen LogP) is 1.34. The molecule has 1 saturated heterocycles. The molecule has 0 aromatic rings. The number of guanidine groups is 1. The third-order valence-electron chi connectivity index (χ3n) is 3.36. The highest BCUT2D eigenvalue weighted by molar-refractivity contribution is 14.0. The lowest BCUT2D eigenvalue weighted by Gasteiger charge is -2.22. The lowest BCUT2D eigenvalue weighted by atomic mass is 10.3. The van der Waals surface area contributed by atoms with Gasteiger partial charge in [-0.15, -0.1) is 24.0 Å². The summed E-state index contributed by atoms with van der Waals surface area (Å²) in [5, 5.41) is 3.25. The number of halogens is 1. The highest BCUT2D eigenvalue weighted by Crippen LogP contribution is 2.12. The first-order valence-corrected chi connectivity index (χ1v) is 9.09. The summed E-state index contributed by atoms with van der Waals surface area (Å²) in [5.41, 5.74) is 0. The van der Waals surface area contributed by atoms with Crippen molar-refractivity contribution in [3.63, 3.8) is 0 Å². The number of rotatable bonds is 7. The molecule has 126 valence electrons. The minimum absolute atomic E-state index is 0. The van der Waals surface area contributed by atoms with E-state index in [0.717, 1.165) is 38.3 Å². The van der Waals surface area contributed by atoms with Crippen molar-refractivity contribution in [2.45, 2.75) is 33.1 Å². The molecule has 0 amide bonds. The molecular weight excluding hydrogens is 403 g/mol. The van der Waals surface area contributed by atoms with Crippen molar-refractivity contribution < 1.29 is 8.42 Å². The molecule has 0 spiro atoms. The van der Waals surface area contributed by atoms with E-state index in [1.54, 1.807) is 4.31 Å². The zero-order chi connectivity index (χ0) is 15.0. The summed E-state index contributed by atoms with van der Waals surface area (Å²) in [7, 11) is -0.984. The van der Waals surface area contributed by atoms with E-state index in [9.17, 15) is 8.42 Å². The summed E-state index contributed by atoms with van der Waals surface area (Å²) < 4.78 is 24.9. The smallest absolute Gasteiger partial charge is 0.214 e.